The van der Waals surface area contributed by atoms with Crippen LogP contribution in [0.4, 0.5) is 4.39 Å². The molecule has 0 saturated carbocycles. The lowest BCUT2D eigenvalue weighted by Gasteiger charge is -2.16. The van der Waals surface area contributed by atoms with Gasteiger partial charge in [0.2, 0.25) is 0 Å². The SMILES string of the molecule is CC(Cc1ccc(Cl)c(Oc2cc(Cl)cc(C#N)c2)c1F)NC(=O)c1ccc[nH]1. The summed E-state index contributed by atoms with van der Waals surface area (Å²) in [6.07, 6.45) is 1.88. The number of carbonyl (C=O) groups is 1. The van der Waals surface area contributed by atoms with E-state index in [4.69, 9.17) is 33.2 Å². The molecule has 0 spiro atoms. The number of nitrogens with zero attached hydrogens (tertiary/aromatic N) is 1. The molecular weight excluding hydrogens is 416 g/mol. The fourth-order valence-corrected chi connectivity index (χ4v) is 3.19. The van der Waals surface area contributed by atoms with Gasteiger partial charge in [-0.25, -0.2) is 4.39 Å². The highest BCUT2D eigenvalue weighted by Gasteiger charge is 2.18. The lowest BCUT2D eigenvalue weighted by atomic mass is 10.1. The number of amides is 1. The van der Waals surface area contributed by atoms with E-state index < -0.39 is 5.82 Å². The van der Waals surface area contributed by atoms with Gasteiger partial charge in [-0.15, -0.1) is 0 Å². The number of hydrogen-bond acceptors (Lipinski definition) is 3. The number of halogens is 3. The molecule has 5 nitrogen and oxygen atoms in total. The summed E-state index contributed by atoms with van der Waals surface area (Å²) >= 11 is 12.1. The average Bonchev–Trinajstić information content (AvgIpc) is 3.22. The molecule has 0 fully saturated rings. The normalized spacial score (nSPS) is 11.6. The average molecular weight is 432 g/mol. The fraction of sp³-hybridized carbons (Fsp3) is 0.143. The minimum absolute atomic E-state index is 0.0767. The lowest BCUT2D eigenvalue weighted by Crippen LogP contribution is -2.34. The molecular formula is C21H16Cl2FN3O2. The molecule has 0 aliphatic heterocycles. The van der Waals surface area contributed by atoms with E-state index in [0.717, 1.165) is 0 Å². The predicted molar refractivity (Wildman–Crippen MR) is 109 cm³/mol. The largest absolute Gasteiger partial charge is 0.453 e. The summed E-state index contributed by atoms with van der Waals surface area (Å²) in [6, 6.07) is 12.4. The highest BCUT2D eigenvalue weighted by Crippen LogP contribution is 2.35. The smallest absolute Gasteiger partial charge is 0.267 e. The number of aromatic amines is 1. The van der Waals surface area contributed by atoms with Crippen LogP contribution >= 0.6 is 23.2 Å². The van der Waals surface area contributed by atoms with Gasteiger partial charge in [-0.1, -0.05) is 29.3 Å². The molecule has 0 aliphatic rings. The molecule has 148 valence electrons. The quantitative estimate of drug-likeness (QED) is 0.541. The van der Waals surface area contributed by atoms with E-state index in [2.05, 4.69) is 10.3 Å². The van der Waals surface area contributed by atoms with Crippen molar-refractivity contribution in [2.24, 2.45) is 0 Å². The number of H-pyrrole nitrogens is 1. The first-order chi connectivity index (χ1) is 13.9. The lowest BCUT2D eigenvalue weighted by molar-refractivity contribution is 0.0935. The van der Waals surface area contributed by atoms with Crippen molar-refractivity contribution in [2.45, 2.75) is 19.4 Å². The second-order valence-corrected chi connectivity index (χ2v) is 7.25. The molecule has 0 radical (unpaired) electrons. The summed E-state index contributed by atoms with van der Waals surface area (Å²) in [4.78, 5) is 14.9. The van der Waals surface area contributed by atoms with Crippen molar-refractivity contribution in [3.8, 4) is 17.6 Å². The van der Waals surface area contributed by atoms with Crippen molar-refractivity contribution in [2.75, 3.05) is 0 Å². The number of benzene rings is 2. The van der Waals surface area contributed by atoms with Gasteiger partial charge in [0, 0.05) is 17.3 Å². The van der Waals surface area contributed by atoms with Gasteiger partial charge in [-0.3, -0.25) is 4.79 Å². The van der Waals surface area contributed by atoms with Gasteiger partial charge in [0.15, 0.2) is 11.6 Å². The summed E-state index contributed by atoms with van der Waals surface area (Å²) in [5.41, 5.74) is 1.03. The Morgan fingerprint density at radius 1 is 1.31 bits per heavy atom. The second-order valence-electron chi connectivity index (χ2n) is 6.40. The Balaban J connectivity index is 1.79. The van der Waals surface area contributed by atoms with Gasteiger partial charge in [0.25, 0.3) is 5.91 Å². The Kier molecular flexibility index (Phi) is 6.42. The molecule has 3 rings (SSSR count). The summed E-state index contributed by atoms with van der Waals surface area (Å²) in [6.45, 7) is 1.77. The molecule has 1 atom stereocenters. The molecule has 3 aromatic rings. The van der Waals surface area contributed by atoms with Crippen LogP contribution in [0.5, 0.6) is 11.5 Å². The van der Waals surface area contributed by atoms with Gasteiger partial charge >= 0.3 is 0 Å². The van der Waals surface area contributed by atoms with E-state index in [0.29, 0.717) is 11.3 Å². The Bertz CT molecular complexity index is 1080. The van der Waals surface area contributed by atoms with Crippen LogP contribution in [0.1, 0.15) is 28.5 Å². The fourth-order valence-electron chi connectivity index (χ4n) is 2.78. The first kappa shape index (κ1) is 20.7. The summed E-state index contributed by atoms with van der Waals surface area (Å²) < 4.78 is 20.6. The van der Waals surface area contributed by atoms with Crippen LogP contribution in [0, 0.1) is 17.1 Å². The molecule has 0 saturated heterocycles. The van der Waals surface area contributed by atoms with Crippen LogP contribution in [0.3, 0.4) is 0 Å². The Morgan fingerprint density at radius 2 is 2.10 bits per heavy atom. The first-order valence-corrected chi connectivity index (χ1v) is 9.42. The van der Waals surface area contributed by atoms with Crippen LogP contribution in [0.25, 0.3) is 0 Å². The zero-order valence-corrected chi connectivity index (χ0v) is 16.8. The minimum Gasteiger partial charge on any atom is -0.453 e. The maximum absolute atomic E-state index is 15.0. The van der Waals surface area contributed by atoms with Gasteiger partial charge in [-0.2, -0.15) is 5.26 Å². The number of nitriles is 1. The van der Waals surface area contributed by atoms with E-state index >= 15 is 4.39 Å². The monoisotopic (exact) mass is 431 g/mol. The Labute approximate surface area is 177 Å². The van der Waals surface area contributed by atoms with E-state index in [-0.39, 0.29) is 45.5 Å². The molecule has 0 aliphatic carbocycles. The number of hydrogen-bond donors (Lipinski definition) is 2. The van der Waals surface area contributed by atoms with E-state index in [1.165, 1.54) is 24.3 Å². The summed E-state index contributed by atoms with van der Waals surface area (Å²) in [5.74, 6) is -0.897. The molecule has 0 bridgehead atoms. The molecule has 2 aromatic carbocycles. The maximum atomic E-state index is 15.0. The van der Waals surface area contributed by atoms with Gasteiger partial charge in [-0.05, 0) is 55.3 Å². The topological polar surface area (TPSA) is 77.9 Å². The molecule has 1 amide bonds. The van der Waals surface area contributed by atoms with Crippen molar-refractivity contribution in [3.63, 3.8) is 0 Å². The van der Waals surface area contributed by atoms with Gasteiger partial charge < -0.3 is 15.0 Å². The first-order valence-electron chi connectivity index (χ1n) is 8.67. The summed E-state index contributed by atoms with van der Waals surface area (Å²) in [5, 5.41) is 12.2. The standard InChI is InChI=1S/C21H16Cl2FN3O2/c1-12(27-21(28)18-3-2-6-26-18)7-14-4-5-17(23)20(19(14)24)29-16-9-13(11-25)8-15(22)10-16/h2-6,8-10,12,26H,7H2,1H3,(H,27,28). The molecule has 29 heavy (non-hydrogen) atoms. The zero-order valence-electron chi connectivity index (χ0n) is 15.3. The number of ether oxygens (including phenoxy) is 1. The van der Waals surface area contributed by atoms with E-state index in [1.807, 2.05) is 6.07 Å². The maximum Gasteiger partial charge on any atom is 0.267 e. The van der Waals surface area contributed by atoms with Gasteiger partial charge in [0.1, 0.15) is 11.4 Å². The minimum atomic E-state index is -0.642. The van der Waals surface area contributed by atoms with Crippen LogP contribution in [-0.4, -0.2) is 16.9 Å². The van der Waals surface area contributed by atoms with Gasteiger partial charge in [0.05, 0.1) is 16.7 Å². The van der Waals surface area contributed by atoms with E-state index in [9.17, 15) is 4.79 Å². The third-order valence-electron chi connectivity index (χ3n) is 4.10. The number of rotatable bonds is 6. The van der Waals surface area contributed by atoms with Crippen LogP contribution < -0.4 is 10.1 Å². The third-order valence-corrected chi connectivity index (χ3v) is 4.61. The van der Waals surface area contributed by atoms with Crippen molar-refractivity contribution in [1.29, 1.82) is 5.26 Å². The third kappa shape index (κ3) is 5.08. The molecule has 1 heterocycles. The highest BCUT2D eigenvalue weighted by molar-refractivity contribution is 6.32. The number of carbonyl (C=O) groups excluding carboxylic acids is 1. The number of aromatic nitrogens is 1. The van der Waals surface area contributed by atoms with Crippen LogP contribution in [0.2, 0.25) is 10.0 Å². The molecule has 8 heteroatoms. The van der Waals surface area contributed by atoms with Crippen LogP contribution in [-0.2, 0) is 6.42 Å². The highest BCUT2D eigenvalue weighted by atomic mass is 35.5. The molecule has 1 aromatic heterocycles. The van der Waals surface area contributed by atoms with Crippen molar-refractivity contribution in [3.05, 3.63) is 81.3 Å². The predicted octanol–water partition coefficient (Wildman–Crippen LogP) is 5.49. The van der Waals surface area contributed by atoms with Crippen LogP contribution in [0.15, 0.2) is 48.7 Å². The van der Waals surface area contributed by atoms with Crippen molar-refractivity contribution >= 4 is 29.1 Å². The number of nitrogens with one attached hydrogen (secondary N) is 2. The molecule has 1 unspecified atom stereocenters. The van der Waals surface area contributed by atoms with E-state index in [1.54, 1.807) is 31.3 Å². The Morgan fingerprint density at radius 3 is 2.79 bits per heavy atom. The van der Waals surface area contributed by atoms with Crippen molar-refractivity contribution in [1.82, 2.24) is 10.3 Å². The van der Waals surface area contributed by atoms with Crippen molar-refractivity contribution < 1.29 is 13.9 Å². The zero-order chi connectivity index (χ0) is 21.0. The molecule has 2 N–H and O–H groups in total. The summed E-state index contributed by atoms with van der Waals surface area (Å²) in [7, 11) is 0. The second kappa shape index (κ2) is 8.99. The Hall–Kier alpha value is -3.01.